The van der Waals surface area contributed by atoms with Crippen LogP contribution >= 0.6 is 27.5 Å². The monoisotopic (exact) mass is 513 g/mol. The van der Waals surface area contributed by atoms with Crippen molar-refractivity contribution >= 4 is 38.9 Å². The van der Waals surface area contributed by atoms with Gasteiger partial charge in [-0.05, 0) is 49.4 Å². The van der Waals surface area contributed by atoms with Crippen molar-refractivity contribution in [1.82, 2.24) is 4.98 Å². The first kappa shape index (κ1) is 22.9. The highest BCUT2D eigenvalue weighted by Gasteiger charge is 2.31. The summed E-state index contributed by atoms with van der Waals surface area (Å²) in [5.41, 5.74) is 2.48. The number of aryl methyl sites for hydroxylation is 1. The van der Waals surface area contributed by atoms with Gasteiger partial charge in [0.05, 0.1) is 5.03 Å². The molecule has 0 fully saturated rings. The molecule has 2 aromatic carbocycles. The number of hydrogen-bond acceptors (Lipinski definition) is 5. The third kappa shape index (κ3) is 5.89. The van der Waals surface area contributed by atoms with Crippen molar-refractivity contribution in [1.29, 1.82) is 5.41 Å². The van der Waals surface area contributed by atoms with Gasteiger partial charge in [-0.15, -0.1) is 13.2 Å². The molecular weight excluding hydrogens is 499 g/mol. The maximum absolute atomic E-state index is 12.4. The second kappa shape index (κ2) is 9.15. The fourth-order valence-corrected chi connectivity index (χ4v) is 3.11. The number of oxazole rings is 1. The SMILES string of the molecule is CC(=N)/C(Cl)=C\Nc1ccc(Br)cc1-c1oc(C)nc1-c1ccc(OC(F)(F)F)cc1. The Morgan fingerprint density at radius 1 is 1.23 bits per heavy atom. The summed E-state index contributed by atoms with van der Waals surface area (Å²) < 4.78 is 47.8. The molecule has 0 aliphatic carbocycles. The van der Waals surface area contributed by atoms with E-state index in [1.807, 2.05) is 12.1 Å². The first-order chi connectivity index (χ1) is 14.5. The maximum atomic E-state index is 12.4. The van der Waals surface area contributed by atoms with Crippen molar-refractivity contribution in [2.45, 2.75) is 20.2 Å². The Balaban J connectivity index is 2.03. The van der Waals surface area contributed by atoms with Crippen LogP contribution < -0.4 is 10.1 Å². The van der Waals surface area contributed by atoms with Crippen LogP contribution in [0, 0.1) is 12.3 Å². The number of anilines is 1. The molecule has 2 N–H and O–H groups in total. The van der Waals surface area contributed by atoms with E-state index in [4.69, 9.17) is 21.4 Å². The van der Waals surface area contributed by atoms with Crippen molar-refractivity contribution in [3.63, 3.8) is 0 Å². The number of halogens is 5. The van der Waals surface area contributed by atoms with E-state index in [1.54, 1.807) is 19.9 Å². The van der Waals surface area contributed by atoms with Gasteiger partial charge in [-0.2, -0.15) is 0 Å². The summed E-state index contributed by atoms with van der Waals surface area (Å²) in [4.78, 5) is 4.41. The van der Waals surface area contributed by atoms with Gasteiger partial charge in [-0.25, -0.2) is 4.98 Å². The molecule has 0 bridgehead atoms. The molecular formula is C21H16BrClF3N3O2. The quantitative estimate of drug-likeness (QED) is 0.334. The van der Waals surface area contributed by atoms with Gasteiger partial charge in [0.25, 0.3) is 0 Å². The highest BCUT2D eigenvalue weighted by atomic mass is 79.9. The van der Waals surface area contributed by atoms with Gasteiger partial charge >= 0.3 is 6.36 Å². The summed E-state index contributed by atoms with van der Waals surface area (Å²) >= 11 is 9.46. The molecule has 1 aromatic heterocycles. The largest absolute Gasteiger partial charge is 0.573 e. The lowest BCUT2D eigenvalue weighted by Crippen LogP contribution is -2.16. The third-order valence-corrected chi connectivity index (χ3v) is 4.92. The number of rotatable bonds is 6. The summed E-state index contributed by atoms with van der Waals surface area (Å²) in [5, 5.41) is 10.9. The van der Waals surface area contributed by atoms with Gasteiger partial charge in [-0.1, -0.05) is 27.5 Å². The molecule has 3 rings (SSSR count). The molecule has 0 aliphatic heterocycles. The number of alkyl halides is 3. The van der Waals surface area contributed by atoms with Crippen LogP contribution in [0.2, 0.25) is 0 Å². The Hall–Kier alpha value is -2.78. The zero-order valence-corrected chi connectivity index (χ0v) is 18.6. The van der Waals surface area contributed by atoms with Crippen LogP contribution in [0.3, 0.4) is 0 Å². The molecule has 5 nitrogen and oxygen atoms in total. The molecule has 0 spiro atoms. The van der Waals surface area contributed by atoms with Gasteiger partial charge in [0.15, 0.2) is 11.7 Å². The zero-order valence-electron chi connectivity index (χ0n) is 16.3. The minimum Gasteiger partial charge on any atom is -0.440 e. The lowest BCUT2D eigenvalue weighted by atomic mass is 10.0. The van der Waals surface area contributed by atoms with Gasteiger partial charge in [-0.3, -0.25) is 0 Å². The average Bonchev–Trinajstić information content (AvgIpc) is 3.07. The van der Waals surface area contributed by atoms with Gasteiger partial charge in [0.2, 0.25) is 0 Å². The molecule has 0 radical (unpaired) electrons. The molecule has 0 atom stereocenters. The molecule has 0 unspecified atom stereocenters. The molecule has 3 aromatic rings. The van der Waals surface area contributed by atoms with E-state index < -0.39 is 6.36 Å². The number of hydrogen-bond donors (Lipinski definition) is 2. The van der Waals surface area contributed by atoms with Crippen LogP contribution in [0.4, 0.5) is 18.9 Å². The molecule has 31 heavy (non-hydrogen) atoms. The Bertz CT molecular complexity index is 1140. The maximum Gasteiger partial charge on any atom is 0.573 e. The fraction of sp³-hybridized carbons (Fsp3) is 0.143. The highest BCUT2D eigenvalue weighted by Crippen LogP contribution is 2.39. The third-order valence-electron chi connectivity index (χ3n) is 4.03. The number of aromatic nitrogens is 1. The van der Waals surface area contributed by atoms with Crippen molar-refractivity contribution < 1.29 is 22.3 Å². The minimum atomic E-state index is -4.77. The smallest absolute Gasteiger partial charge is 0.440 e. The van der Waals surface area contributed by atoms with Gasteiger partial charge in [0.1, 0.15) is 11.4 Å². The Morgan fingerprint density at radius 2 is 1.90 bits per heavy atom. The first-order valence-electron chi connectivity index (χ1n) is 8.85. The Kier molecular flexibility index (Phi) is 6.76. The normalized spacial score (nSPS) is 12.0. The van der Waals surface area contributed by atoms with E-state index in [-0.39, 0.29) is 16.5 Å². The summed E-state index contributed by atoms with van der Waals surface area (Å²) in [7, 11) is 0. The molecule has 0 aliphatic rings. The van der Waals surface area contributed by atoms with Crippen LogP contribution in [-0.2, 0) is 0 Å². The molecule has 162 valence electrons. The number of nitrogens with zero attached hydrogens (tertiary/aromatic N) is 1. The van der Waals surface area contributed by atoms with E-state index in [0.717, 1.165) is 4.47 Å². The van der Waals surface area contributed by atoms with Crippen molar-refractivity contribution in [3.8, 4) is 28.3 Å². The second-order valence-electron chi connectivity index (χ2n) is 6.43. The lowest BCUT2D eigenvalue weighted by Gasteiger charge is -2.11. The van der Waals surface area contributed by atoms with Gasteiger partial charge < -0.3 is 19.9 Å². The molecule has 0 amide bonds. The van der Waals surface area contributed by atoms with Gasteiger partial charge in [0, 0.05) is 40.1 Å². The number of ether oxygens (including phenoxy) is 1. The summed E-state index contributed by atoms with van der Waals surface area (Å²) in [6.45, 7) is 3.24. The summed E-state index contributed by atoms with van der Waals surface area (Å²) in [6.07, 6.45) is -3.28. The molecule has 0 saturated heterocycles. The Labute approximate surface area is 189 Å². The van der Waals surface area contributed by atoms with Crippen LogP contribution in [0.15, 0.2) is 62.6 Å². The van der Waals surface area contributed by atoms with Crippen LogP contribution in [0.1, 0.15) is 12.8 Å². The van der Waals surface area contributed by atoms with E-state index >= 15 is 0 Å². The zero-order chi connectivity index (χ0) is 22.8. The molecule has 1 heterocycles. The first-order valence-corrected chi connectivity index (χ1v) is 10.0. The van der Waals surface area contributed by atoms with Crippen molar-refractivity contribution in [2.75, 3.05) is 5.32 Å². The van der Waals surface area contributed by atoms with Crippen molar-refractivity contribution in [3.05, 3.63) is 64.1 Å². The van der Waals surface area contributed by atoms with E-state index in [1.165, 1.54) is 30.5 Å². The van der Waals surface area contributed by atoms with E-state index in [0.29, 0.717) is 34.2 Å². The number of nitrogens with one attached hydrogen (secondary N) is 2. The predicted octanol–water partition coefficient (Wildman–Crippen LogP) is 7.51. The Morgan fingerprint density at radius 3 is 2.52 bits per heavy atom. The van der Waals surface area contributed by atoms with Crippen molar-refractivity contribution in [2.24, 2.45) is 0 Å². The second-order valence-corrected chi connectivity index (χ2v) is 7.76. The topological polar surface area (TPSA) is 71.1 Å². The standard InChI is InChI=1S/C21H16BrClF3N3O2/c1-11(27)17(23)10-28-18-8-5-14(22)9-16(18)20-19(29-12(2)30-20)13-3-6-15(7-4-13)31-21(24,25)26/h3-10,27-28H,1-2H3/b17-10+,27-11?. The highest BCUT2D eigenvalue weighted by molar-refractivity contribution is 9.10. The number of benzene rings is 2. The van der Waals surface area contributed by atoms with Crippen LogP contribution in [0.5, 0.6) is 5.75 Å². The van der Waals surface area contributed by atoms with Crippen LogP contribution in [0.25, 0.3) is 22.6 Å². The van der Waals surface area contributed by atoms with E-state index in [2.05, 4.69) is 31.0 Å². The lowest BCUT2D eigenvalue weighted by molar-refractivity contribution is -0.274. The predicted molar refractivity (Wildman–Crippen MR) is 117 cm³/mol. The molecule has 0 saturated carbocycles. The number of allylic oxidation sites excluding steroid dienone is 1. The summed E-state index contributed by atoms with van der Waals surface area (Å²) in [6, 6.07) is 10.8. The van der Waals surface area contributed by atoms with Crippen LogP contribution in [-0.4, -0.2) is 17.1 Å². The minimum absolute atomic E-state index is 0.199. The average molecular weight is 515 g/mol. The van der Waals surface area contributed by atoms with E-state index in [9.17, 15) is 13.2 Å². The summed E-state index contributed by atoms with van der Waals surface area (Å²) in [5.74, 6) is 0.474. The fourth-order valence-electron chi connectivity index (χ4n) is 2.70. The molecule has 10 heteroatoms.